The Kier molecular flexibility index (Phi) is 5.75. The number of carbonyl (C=O) groups is 2. The van der Waals surface area contributed by atoms with Gasteiger partial charge in [0.25, 0.3) is 0 Å². The SMILES string of the molecule is CCOC(=O)CNC(=O)NC(C)c1sc(C)nc1C. The second-order valence-electron chi connectivity index (χ2n) is 4.04. The summed E-state index contributed by atoms with van der Waals surface area (Å²) >= 11 is 1.55. The number of aromatic nitrogens is 1. The first-order chi connectivity index (χ1) is 8.93. The van der Waals surface area contributed by atoms with E-state index in [1.165, 1.54) is 0 Å². The van der Waals surface area contributed by atoms with Crippen LogP contribution in [-0.2, 0) is 9.53 Å². The van der Waals surface area contributed by atoms with Crippen LogP contribution in [0.25, 0.3) is 0 Å². The lowest BCUT2D eigenvalue weighted by Crippen LogP contribution is -2.40. The summed E-state index contributed by atoms with van der Waals surface area (Å²) in [5.41, 5.74) is 0.917. The van der Waals surface area contributed by atoms with Gasteiger partial charge in [-0.05, 0) is 27.7 Å². The Hall–Kier alpha value is -1.63. The Balaban J connectivity index is 2.44. The Morgan fingerprint density at radius 1 is 1.42 bits per heavy atom. The molecule has 1 heterocycles. The van der Waals surface area contributed by atoms with Crippen molar-refractivity contribution in [3.63, 3.8) is 0 Å². The molecule has 0 aromatic carbocycles. The number of hydrogen-bond donors (Lipinski definition) is 2. The maximum absolute atomic E-state index is 11.6. The molecule has 1 unspecified atom stereocenters. The second-order valence-corrected chi connectivity index (χ2v) is 5.27. The number of nitrogens with one attached hydrogen (secondary N) is 2. The van der Waals surface area contributed by atoms with E-state index in [4.69, 9.17) is 4.74 Å². The molecule has 0 aliphatic rings. The van der Waals surface area contributed by atoms with Crippen LogP contribution in [0.1, 0.15) is 35.5 Å². The van der Waals surface area contributed by atoms with E-state index < -0.39 is 12.0 Å². The quantitative estimate of drug-likeness (QED) is 0.807. The molecule has 1 aromatic heterocycles. The van der Waals surface area contributed by atoms with Crippen molar-refractivity contribution in [3.8, 4) is 0 Å². The number of aryl methyl sites for hydroxylation is 2. The first-order valence-corrected chi connectivity index (χ1v) is 6.89. The summed E-state index contributed by atoms with van der Waals surface area (Å²) in [7, 11) is 0. The maximum Gasteiger partial charge on any atom is 0.325 e. The molecule has 7 heteroatoms. The Bertz CT molecular complexity index is 459. The van der Waals surface area contributed by atoms with Gasteiger partial charge in [0.2, 0.25) is 0 Å². The van der Waals surface area contributed by atoms with Gasteiger partial charge in [0.1, 0.15) is 6.54 Å². The normalized spacial score (nSPS) is 11.8. The summed E-state index contributed by atoms with van der Waals surface area (Å²) in [6.45, 7) is 7.60. The standard InChI is InChI=1S/C12H19N3O3S/c1-5-18-10(16)6-13-12(17)15-8(3)11-7(2)14-9(4)19-11/h8H,5-6H2,1-4H3,(H2,13,15,17). The summed E-state index contributed by atoms with van der Waals surface area (Å²) in [6, 6.07) is -0.542. The molecule has 106 valence electrons. The second kappa shape index (κ2) is 7.08. The highest BCUT2D eigenvalue weighted by atomic mass is 32.1. The van der Waals surface area contributed by atoms with Gasteiger partial charge in [-0.25, -0.2) is 9.78 Å². The topological polar surface area (TPSA) is 80.3 Å². The number of ether oxygens (including phenoxy) is 1. The van der Waals surface area contributed by atoms with E-state index in [2.05, 4.69) is 15.6 Å². The molecule has 19 heavy (non-hydrogen) atoms. The molecule has 2 N–H and O–H groups in total. The zero-order chi connectivity index (χ0) is 14.4. The highest BCUT2D eigenvalue weighted by molar-refractivity contribution is 7.11. The predicted molar refractivity (Wildman–Crippen MR) is 73.2 cm³/mol. The van der Waals surface area contributed by atoms with Crippen LogP contribution in [0.4, 0.5) is 4.79 Å². The van der Waals surface area contributed by atoms with E-state index in [0.717, 1.165) is 15.6 Å². The van der Waals surface area contributed by atoms with Crippen LogP contribution in [0.2, 0.25) is 0 Å². The number of rotatable bonds is 5. The van der Waals surface area contributed by atoms with Gasteiger partial charge in [-0.15, -0.1) is 11.3 Å². The van der Waals surface area contributed by atoms with Gasteiger partial charge in [0.15, 0.2) is 0 Å². The average Bonchev–Trinajstić information content (AvgIpc) is 2.66. The summed E-state index contributed by atoms with van der Waals surface area (Å²) in [5.74, 6) is -0.449. The molecular weight excluding hydrogens is 266 g/mol. The highest BCUT2D eigenvalue weighted by Gasteiger charge is 2.15. The van der Waals surface area contributed by atoms with Gasteiger partial charge >= 0.3 is 12.0 Å². The lowest BCUT2D eigenvalue weighted by atomic mass is 10.2. The molecule has 1 aromatic rings. The van der Waals surface area contributed by atoms with Gasteiger partial charge in [0.05, 0.1) is 23.4 Å². The van der Waals surface area contributed by atoms with Crippen molar-refractivity contribution < 1.29 is 14.3 Å². The number of nitrogens with zero attached hydrogens (tertiary/aromatic N) is 1. The van der Waals surface area contributed by atoms with Gasteiger partial charge < -0.3 is 15.4 Å². The minimum absolute atomic E-state index is 0.132. The predicted octanol–water partition coefficient (Wildman–Crippen LogP) is 1.68. The zero-order valence-electron chi connectivity index (χ0n) is 11.6. The minimum Gasteiger partial charge on any atom is -0.465 e. The average molecular weight is 285 g/mol. The molecule has 1 rings (SSSR count). The maximum atomic E-state index is 11.6. The summed E-state index contributed by atoms with van der Waals surface area (Å²) in [5, 5.41) is 6.18. The van der Waals surface area contributed by atoms with Crippen LogP contribution >= 0.6 is 11.3 Å². The van der Waals surface area contributed by atoms with E-state index in [1.807, 2.05) is 20.8 Å². The molecule has 0 fully saturated rings. The number of amides is 2. The minimum atomic E-state index is -0.449. The van der Waals surface area contributed by atoms with Crippen LogP contribution in [0.15, 0.2) is 0 Å². The fraction of sp³-hybridized carbons (Fsp3) is 0.583. The molecule has 1 atom stereocenters. The Labute approximate surface area is 116 Å². The van der Waals surface area contributed by atoms with Gasteiger partial charge in [0, 0.05) is 4.88 Å². The zero-order valence-corrected chi connectivity index (χ0v) is 12.4. The molecule has 0 saturated heterocycles. The molecule has 0 aliphatic carbocycles. The van der Waals surface area contributed by atoms with Crippen molar-refractivity contribution in [3.05, 3.63) is 15.6 Å². The highest BCUT2D eigenvalue weighted by Crippen LogP contribution is 2.24. The molecule has 0 spiro atoms. The van der Waals surface area contributed by atoms with Gasteiger partial charge in [-0.3, -0.25) is 4.79 Å². The van der Waals surface area contributed by atoms with Gasteiger partial charge in [-0.1, -0.05) is 0 Å². The van der Waals surface area contributed by atoms with Crippen molar-refractivity contribution in [2.75, 3.05) is 13.2 Å². The van der Waals surface area contributed by atoms with Crippen molar-refractivity contribution in [2.45, 2.75) is 33.7 Å². The smallest absolute Gasteiger partial charge is 0.325 e. The third-order valence-corrected chi connectivity index (χ3v) is 3.63. The van der Waals surface area contributed by atoms with E-state index in [9.17, 15) is 9.59 Å². The molecule has 0 radical (unpaired) electrons. The number of esters is 1. The van der Waals surface area contributed by atoms with Crippen LogP contribution in [0, 0.1) is 13.8 Å². The van der Waals surface area contributed by atoms with E-state index in [1.54, 1.807) is 18.3 Å². The first kappa shape index (κ1) is 15.4. The van der Waals surface area contributed by atoms with Crippen molar-refractivity contribution >= 4 is 23.3 Å². The van der Waals surface area contributed by atoms with Crippen molar-refractivity contribution in [2.24, 2.45) is 0 Å². The lowest BCUT2D eigenvalue weighted by molar-refractivity contribution is -0.141. The van der Waals surface area contributed by atoms with Crippen LogP contribution < -0.4 is 10.6 Å². The Morgan fingerprint density at radius 2 is 2.11 bits per heavy atom. The molecule has 0 saturated carbocycles. The number of hydrogen-bond acceptors (Lipinski definition) is 5. The van der Waals surface area contributed by atoms with E-state index in [0.29, 0.717) is 6.61 Å². The van der Waals surface area contributed by atoms with Crippen LogP contribution in [0.3, 0.4) is 0 Å². The van der Waals surface area contributed by atoms with E-state index >= 15 is 0 Å². The molecule has 6 nitrogen and oxygen atoms in total. The van der Waals surface area contributed by atoms with E-state index in [-0.39, 0.29) is 12.6 Å². The van der Waals surface area contributed by atoms with Gasteiger partial charge in [-0.2, -0.15) is 0 Å². The largest absolute Gasteiger partial charge is 0.465 e. The number of carbonyl (C=O) groups excluding carboxylic acids is 2. The third kappa shape index (κ3) is 4.86. The Morgan fingerprint density at radius 3 is 2.63 bits per heavy atom. The fourth-order valence-electron chi connectivity index (χ4n) is 1.63. The summed E-state index contributed by atoms with van der Waals surface area (Å²) in [4.78, 5) is 28.0. The fourth-order valence-corrected chi connectivity index (χ4v) is 2.56. The summed E-state index contributed by atoms with van der Waals surface area (Å²) in [6.07, 6.45) is 0. The molecular formula is C12H19N3O3S. The molecule has 2 amide bonds. The van der Waals surface area contributed by atoms with Crippen molar-refractivity contribution in [1.29, 1.82) is 0 Å². The number of thiazole rings is 1. The molecule has 0 bridgehead atoms. The first-order valence-electron chi connectivity index (χ1n) is 6.08. The van der Waals surface area contributed by atoms with Crippen LogP contribution in [-0.4, -0.2) is 30.1 Å². The third-order valence-electron chi connectivity index (χ3n) is 2.38. The summed E-state index contributed by atoms with van der Waals surface area (Å²) < 4.78 is 4.71. The number of urea groups is 1. The monoisotopic (exact) mass is 285 g/mol. The molecule has 0 aliphatic heterocycles. The van der Waals surface area contributed by atoms with Crippen LogP contribution in [0.5, 0.6) is 0 Å². The van der Waals surface area contributed by atoms with Crippen molar-refractivity contribution in [1.82, 2.24) is 15.6 Å². The lowest BCUT2D eigenvalue weighted by Gasteiger charge is -2.13.